The van der Waals surface area contributed by atoms with E-state index >= 15 is 0 Å². The molecule has 0 radical (unpaired) electrons. The maximum absolute atomic E-state index is 14.1. The Kier molecular flexibility index (Phi) is 6.24. The third-order valence-electron chi connectivity index (χ3n) is 4.29. The monoisotopic (exact) mass is 397 g/mol. The van der Waals surface area contributed by atoms with Crippen LogP contribution in [0, 0.1) is 23.0 Å². The van der Waals surface area contributed by atoms with Crippen molar-refractivity contribution in [2.75, 3.05) is 6.61 Å². The predicted molar refractivity (Wildman–Crippen MR) is 99.7 cm³/mol. The number of halogens is 2. The average molecular weight is 397 g/mol. The minimum absolute atomic E-state index is 0.184. The molecule has 0 bridgehead atoms. The lowest BCUT2D eigenvalue weighted by atomic mass is 10.0. The molecule has 2 heterocycles. The Balaban J connectivity index is 1.54. The van der Waals surface area contributed by atoms with Crippen LogP contribution in [0.4, 0.5) is 8.78 Å². The van der Waals surface area contributed by atoms with Gasteiger partial charge in [-0.05, 0) is 25.0 Å². The van der Waals surface area contributed by atoms with E-state index in [1.165, 1.54) is 24.7 Å². The van der Waals surface area contributed by atoms with E-state index in [9.17, 15) is 13.6 Å². The Bertz CT molecular complexity index is 965. The number of aromatic nitrogens is 2. The summed E-state index contributed by atoms with van der Waals surface area (Å²) < 4.78 is 33.6. The lowest BCUT2D eigenvalue weighted by molar-refractivity contribution is -0.129. The zero-order chi connectivity index (χ0) is 20.8. The Morgan fingerprint density at radius 1 is 1.31 bits per heavy atom. The molecule has 0 aliphatic carbocycles. The number of carbonyl (C=O) groups is 1. The lowest BCUT2D eigenvalue weighted by Gasteiger charge is -2.23. The van der Waals surface area contributed by atoms with E-state index in [4.69, 9.17) is 10.00 Å². The molecule has 7 nitrogen and oxygen atoms in total. The molecule has 1 unspecified atom stereocenters. The molecule has 0 N–H and O–H groups in total. The van der Waals surface area contributed by atoms with Crippen LogP contribution in [-0.4, -0.2) is 33.7 Å². The summed E-state index contributed by atoms with van der Waals surface area (Å²) in [5, 5.41) is 13.7. The number of carbonyl (C=O) groups excluding carboxylic acids is 1. The largest absolute Gasteiger partial charge is 0.477 e. The van der Waals surface area contributed by atoms with E-state index in [2.05, 4.69) is 21.6 Å². The second-order valence-corrected chi connectivity index (χ2v) is 6.24. The van der Waals surface area contributed by atoms with Crippen LogP contribution < -0.4 is 4.74 Å². The van der Waals surface area contributed by atoms with E-state index in [0.717, 1.165) is 17.1 Å². The molecule has 148 valence electrons. The van der Waals surface area contributed by atoms with E-state index in [1.54, 1.807) is 0 Å². The van der Waals surface area contributed by atoms with Gasteiger partial charge in [0.05, 0.1) is 25.0 Å². The Morgan fingerprint density at radius 3 is 2.72 bits per heavy atom. The topological polar surface area (TPSA) is 91.5 Å². The first kappa shape index (κ1) is 20.1. The summed E-state index contributed by atoms with van der Waals surface area (Å²) in [7, 11) is 0. The van der Waals surface area contributed by atoms with Gasteiger partial charge in [-0.2, -0.15) is 10.4 Å². The first-order valence-electron chi connectivity index (χ1n) is 8.84. The quantitative estimate of drug-likeness (QED) is 0.528. The molecule has 9 heteroatoms. The van der Waals surface area contributed by atoms with Crippen molar-refractivity contribution >= 4 is 12.1 Å². The van der Waals surface area contributed by atoms with Gasteiger partial charge in [0.25, 0.3) is 5.91 Å². The fourth-order valence-electron chi connectivity index (χ4n) is 2.86. The van der Waals surface area contributed by atoms with Crippen LogP contribution in [-0.2, 0) is 4.79 Å². The van der Waals surface area contributed by atoms with Gasteiger partial charge in [0.2, 0.25) is 5.88 Å². The molecule has 3 rings (SSSR count). The average Bonchev–Trinajstić information content (AvgIpc) is 3.20. The third kappa shape index (κ3) is 4.60. The first-order valence-corrected chi connectivity index (χ1v) is 8.84. The minimum atomic E-state index is -0.842. The van der Waals surface area contributed by atoms with Crippen molar-refractivity contribution in [1.29, 1.82) is 5.26 Å². The van der Waals surface area contributed by atoms with Gasteiger partial charge in [-0.15, -0.1) is 0 Å². The van der Waals surface area contributed by atoms with Gasteiger partial charge < -0.3 is 4.74 Å². The summed E-state index contributed by atoms with van der Waals surface area (Å²) in [6.45, 7) is 4.02. The second kappa shape index (κ2) is 9.01. The molecular formula is C20H17F2N5O2. The van der Waals surface area contributed by atoms with Crippen molar-refractivity contribution in [1.82, 2.24) is 15.0 Å². The van der Waals surface area contributed by atoms with Crippen LogP contribution in [0.5, 0.6) is 5.88 Å². The maximum Gasteiger partial charge on any atom is 0.269 e. The van der Waals surface area contributed by atoms with Crippen molar-refractivity contribution in [2.45, 2.75) is 25.3 Å². The summed E-state index contributed by atoms with van der Waals surface area (Å²) in [5.74, 6) is -1.67. The highest BCUT2D eigenvalue weighted by atomic mass is 19.1. The molecule has 0 spiro atoms. The Labute approximate surface area is 166 Å². The van der Waals surface area contributed by atoms with Crippen molar-refractivity contribution in [3.8, 4) is 11.9 Å². The van der Waals surface area contributed by atoms with Crippen LogP contribution in [0.1, 0.15) is 36.6 Å². The van der Waals surface area contributed by atoms with Gasteiger partial charge >= 0.3 is 0 Å². The fraction of sp³-hybridized carbons (Fsp3) is 0.250. The first-order chi connectivity index (χ1) is 14.0. The summed E-state index contributed by atoms with van der Waals surface area (Å²) in [6, 6.07) is 4.59. The smallest absolute Gasteiger partial charge is 0.269 e. The van der Waals surface area contributed by atoms with Gasteiger partial charge in [-0.1, -0.05) is 12.6 Å². The molecule has 1 atom stereocenters. The highest BCUT2D eigenvalue weighted by Gasteiger charge is 2.33. The molecule has 1 aromatic heterocycles. The molecule has 1 amide bonds. The molecule has 1 aromatic carbocycles. The third-order valence-corrected chi connectivity index (χ3v) is 4.29. The summed E-state index contributed by atoms with van der Waals surface area (Å²) in [5.41, 5.74) is 0.248. The van der Waals surface area contributed by atoms with Gasteiger partial charge in [0, 0.05) is 23.8 Å². The standard InChI is InChI=1S/C20H17F2N5O2/c1-13(4-3-9-29-18-12-24-14(10-23)11-25-18)20(28)27-17(7-8-26-27)19-15(21)5-2-6-16(19)22/h2,5-6,8,11-12,17H,1,3-4,7,9H2. The predicted octanol–water partition coefficient (Wildman–Crippen LogP) is 3.30. The molecule has 29 heavy (non-hydrogen) atoms. The number of nitriles is 1. The summed E-state index contributed by atoms with van der Waals surface area (Å²) in [6.07, 6.45) is 5.07. The number of amides is 1. The van der Waals surface area contributed by atoms with Crippen molar-refractivity contribution in [3.63, 3.8) is 0 Å². The van der Waals surface area contributed by atoms with Gasteiger partial charge in [0.1, 0.15) is 17.7 Å². The highest BCUT2D eigenvalue weighted by Crippen LogP contribution is 2.33. The van der Waals surface area contributed by atoms with Crippen LogP contribution >= 0.6 is 0 Å². The molecule has 0 fully saturated rings. The Hall–Kier alpha value is -3.67. The number of hydrazone groups is 1. The molecule has 0 saturated carbocycles. The number of hydrogen-bond acceptors (Lipinski definition) is 6. The number of hydrogen-bond donors (Lipinski definition) is 0. The van der Waals surface area contributed by atoms with Crippen molar-refractivity contribution in [2.24, 2.45) is 5.10 Å². The fourth-order valence-corrected chi connectivity index (χ4v) is 2.86. The van der Waals surface area contributed by atoms with Crippen molar-refractivity contribution < 1.29 is 18.3 Å². The molecular weight excluding hydrogens is 380 g/mol. The Morgan fingerprint density at radius 2 is 2.07 bits per heavy atom. The van der Waals surface area contributed by atoms with Gasteiger partial charge in [-0.25, -0.2) is 23.8 Å². The number of ether oxygens (including phenoxy) is 1. The number of benzene rings is 1. The SMILES string of the molecule is C=C(CCCOc1cnc(C#N)cn1)C(=O)N1N=CCC1c1c(F)cccc1F. The van der Waals surface area contributed by atoms with E-state index in [-0.39, 0.29) is 35.7 Å². The number of rotatable bonds is 7. The summed E-state index contributed by atoms with van der Waals surface area (Å²) in [4.78, 5) is 20.4. The minimum Gasteiger partial charge on any atom is -0.477 e. The van der Waals surface area contributed by atoms with Crippen LogP contribution in [0.25, 0.3) is 0 Å². The molecule has 2 aromatic rings. The van der Waals surface area contributed by atoms with Crippen LogP contribution in [0.15, 0.2) is 47.8 Å². The molecule has 0 saturated heterocycles. The highest BCUT2D eigenvalue weighted by molar-refractivity contribution is 5.94. The van der Waals surface area contributed by atoms with Crippen LogP contribution in [0.2, 0.25) is 0 Å². The van der Waals surface area contributed by atoms with E-state index in [0.29, 0.717) is 12.8 Å². The van der Waals surface area contributed by atoms with E-state index in [1.807, 2.05) is 6.07 Å². The number of nitrogens with zero attached hydrogens (tertiary/aromatic N) is 5. The normalized spacial score (nSPS) is 15.2. The van der Waals surface area contributed by atoms with Gasteiger partial charge in [-0.3, -0.25) is 4.79 Å². The van der Waals surface area contributed by atoms with Gasteiger partial charge in [0.15, 0.2) is 5.69 Å². The van der Waals surface area contributed by atoms with Crippen molar-refractivity contribution in [3.05, 3.63) is 65.6 Å². The maximum atomic E-state index is 14.1. The van der Waals surface area contributed by atoms with E-state index < -0.39 is 23.6 Å². The molecule has 1 aliphatic rings. The summed E-state index contributed by atoms with van der Waals surface area (Å²) >= 11 is 0. The zero-order valence-corrected chi connectivity index (χ0v) is 15.4. The van der Waals surface area contributed by atoms with Crippen LogP contribution in [0.3, 0.4) is 0 Å². The lowest BCUT2D eigenvalue weighted by Crippen LogP contribution is -2.29. The zero-order valence-electron chi connectivity index (χ0n) is 15.4. The second-order valence-electron chi connectivity index (χ2n) is 6.24. The molecule has 1 aliphatic heterocycles.